The predicted molar refractivity (Wildman–Crippen MR) is 39.7 cm³/mol. The van der Waals surface area contributed by atoms with Crippen LogP contribution in [0.4, 0.5) is 0 Å². The fourth-order valence-corrected chi connectivity index (χ4v) is 1.02. The summed E-state index contributed by atoms with van der Waals surface area (Å²) in [4.78, 5) is 0. The van der Waals surface area contributed by atoms with E-state index in [-0.39, 0.29) is 6.61 Å². The maximum Gasteiger partial charge on any atom is 0.0925 e. The van der Waals surface area contributed by atoms with Gasteiger partial charge in [0.15, 0.2) is 0 Å². The summed E-state index contributed by atoms with van der Waals surface area (Å²) < 4.78 is 0. The van der Waals surface area contributed by atoms with Crippen molar-refractivity contribution in [1.29, 1.82) is 0 Å². The zero-order valence-electron chi connectivity index (χ0n) is 5.88. The van der Waals surface area contributed by atoms with Crippen molar-refractivity contribution in [3.8, 4) is 0 Å². The highest BCUT2D eigenvalue weighted by Gasteiger charge is 2.03. The van der Waals surface area contributed by atoms with Gasteiger partial charge in [-0.15, -0.1) is 0 Å². The molecule has 0 unspecified atom stereocenters. The summed E-state index contributed by atoms with van der Waals surface area (Å²) in [5.74, 6) is 0.446. The molecule has 1 aliphatic carbocycles. The molecule has 0 amide bonds. The molecule has 1 aliphatic rings. The van der Waals surface area contributed by atoms with Gasteiger partial charge >= 0.3 is 0 Å². The van der Waals surface area contributed by atoms with Gasteiger partial charge in [0.1, 0.15) is 0 Å². The SMILES string of the molecule is OCCC1=CC=C(O)CC1. The van der Waals surface area contributed by atoms with Gasteiger partial charge in [0.25, 0.3) is 0 Å². The van der Waals surface area contributed by atoms with Crippen molar-refractivity contribution in [3.63, 3.8) is 0 Å². The van der Waals surface area contributed by atoms with Gasteiger partial charge in [-0.1, -0.05) is 11.6 Å². The molecule has 2 heteroatoms. The minimum absolute atomic E-state index is 0.209. The Morgan fingerprint density at radius 3 is 2.60 bits per heavy atom. The molecule has 0 radical (unpaired) electrons. The second-order valence-electron chi connectivity index (χ2n) is 2.46. The molecule has 2 nitrogen and oxygen atoms in total. The Hall–Kier alpha value is -0.760. The highest BCUT2D eigenvalue weighted by molar-refractivity contribution is 5.20. The smallest absolute Gasteiger partial charge is 0.0925 e. The van der Waals surface area contributed by atoms with Crippen LogP contribution in [-0.2, 0) is 0 Å². The highest BCUT2D eigenvalue weighted by atomic mass is 16.3. The molecular weight excluding hydrogens is 128 g/mol. The Kier molecular flexibility index (Phi) is 2.51. The normalized spacial score (nSPS) is 18.1. The fraction of sp³-hybridized carbons (Fsp3) is 0.500. The number of hydrogen-bond donors (Lipinski definition) is 2. The molecule has 0 saturated heterocycles. The summed E-state index contributed by atoms with van der Waals surface area (Å²) in [5.41, 5.74) is 1.22. The summed E-state index contributed by atoms with van der Waals surface area (Å²) in [7, 11) is 0. The fourth-order valence-electron chi connectivity index (χ4n) is 1.02. The number of aliphatic hydroxyl groups excluding tert-OH is 2. The first-order valence-electron chi connectivity index (χ1n) is 3.51. The third-order valence-electron chi connectivity index (χ3n) is 1.65. The molecule has 0 heterocycles. The van der Waals surface area contributed by atoms with Gasteiger partial charge in [-0.25, -0.2) is 0 Å². The largest absolute Gasteiger partial charge is 0.512 e. The van der Waals surface area contributed by atoms with Gasteiger partial charge in [0, 0.05) is 13.0 Å². The molecule has 0 aliphatic heterocycles. The Balaban J connectivity index is 2.47. The summed E-state index contributed by atoms with van der Waals surface area (Å²) in [6.45, 7) is 0.209. The Morgan fingerprint density at radius 2 is 2.10 bits per heavy atom. The van der Waals surface area contributed by atoms with Crippen LogP contribution < -0.4 is 0 Å². The van der Waals surface area contributed by atoms with E-state index >= 15 is 0 Å². The lowest BCUT2D eigenvalue weighted by Crippen LogP contribution is -1.94. The summed E-state index contributed by atoms with van der Waals surface area (Å²) >= 11 is 0. The lowest BCUT2D eigenvalue weighted by atomic mass is 10.0. The Labute approximate surface area is 60.5 Å². The van der Waals surface area contributed by atoms with E-state index in [1.165, 1.54) is 5.57 Å². The standard InChI is InChI=1S/C8H12O2/c9-6-5-7-1-3-8(10)4-2-7/h1,3,9-10H,2,4-6H2. The molecule has 2 N–H and O–H groups in total. The molecule has 0 saturated carbocycles. The van der Waals surface area contributed by atoms with E-state index < -0.39 is 0 Å². The molecule has 56 valence electrons. The molecular formula is C8H12O2. The van der Waals surface area contributed by atoms with E-state index in [0.717, 1.165) is 19.3 Å². The molecule has 0 atom stereocenters. The van der Waals surface area contributed by atoms with Crippen molar-refractivity contribution >= 4 is 0 Å². The summed E-state index contributed by atoms with van der Waals surface area (Å²) in [6.07, 6.45) is 5.95. The van der Waals surface area contributed by atoms with Crippen molar-refractivity contribution in [3.05, 3.63) is 23.5 Å². The Bertz CT molecular complexity index is 164. The molecule has 1 rings (SSSR count). The average Bonchev–Trinajstić information content (AvgIpc) is 1.95. The summed E-state index contributed by atoms with van der Waals surface area (Å²) in [6, 6.07) is 0. The van der Waals surface area contributed by atoms with Crippen molar-refractivity contribution in [2.45, 2.75) is 19.3 Å². The van der Waals surface area contributed by atoms with E-state index in [2.05, 4.69) is 0 Å². The molecule has 0 spiro atoms. The number of aliphatic hydroxyl groups is 2. The first-order chi connectivity index (χ1) is 4.83. The van der Waals surface area contributed by atoms with Crippen molar-refractivity contribution in [1.82, 2.24) is 0 Å². The molecule has 0 aromatic carbocycles. The first kappa shape index (κ1) is 7.35. The average molecular weight is 140 g/mol. The van der Waals surface area contributed by atoms with Gasteiger partial charge in [-0.3, -0.25) is 0 Å². The number of allylic oxidation sites excluding steroid dienone is 3. The van der Waals surface area contributed by atoms with Crippen molar-refractivity contribution < 1.29 is 10.2 Å². The zero-order chi connectivity index (χ0) is 7.40. The van der Waals surface area contributed by atoms with Crippen LogP contribution in [0.1, 0.15) is 19.3 Å². The molecule has 10 heavy (non-hydrogen) atoms. The van der Waals surface area contributed by atoms with Gasteiger partial charge in [-0.2, -0.15) is 0 Å². The van der Waals surface area contributed by atoms with Crippen LogP contribution in [0.3, 0.4) is 0 Å². The lowest BCUT2D eigenvalue weighted by Gasteiger charge is -2.08. The second-order valence-corrected chi connectivity index (χ2v) is 2.46. The van der Waals surface area contributed by atoms with Crippen LogP contribution in [0.5, 0.6) is 0 Å². The third kappa shape index (κ3) is 1.88. The summed E-state index contributed by atoms with van der Waals surface area (Å²) in [5, 5.41) is 17.5. The van der Waals surface area contributed by atoms with Crippen LogP contribution in [0.15, 0.2) is 23.5 Å². The minimum Gasteiger partial charge on any atom is -0.512 e. The van der Waals surface area contributed by atoms with Gasteiger partial charge in [-0.05, 0) is 18.9 Å². The van der Waals surface area contributed by atoms with Crippen LogP contribution in [-0.4, -0.2) is 16.8 Å². The monoisotopic (exact) mass is 140 g/mol. The van der Waals surface area contributed by atoms with E-state index in [4.69, 9.17) is 10.2 Å². The Morgan fingerprint density at radius 1 is 1.30 bits per heavy atom. The van der Waals surface area contributed by atoms with E-state index in [9.17, 15) is 0 Å². The van der Waals surface area contributed by atoms with Gasteiger partial charge < -0.3 is 10.2 Å². The van der Waals surface area contributed by atoms with Crippen LogP contribution >= 0.6 is 0 Å². The van der Waals surface area contributed by atoms with Gasteiger partial charge in [0.05, 0.1) is 5.76 Å². The van der Waals surface area contributed by atoms with Gasteiger partial charge in [0.2, 0.25) is 0 Å². The first-order valence-corrected chi connectivity index (χ1v) is 3.51. The zero-order valence-corrected chi connectivity index (χ0v) is 5.88. The van der Waals surface area contributed by atoms with E-state index in [1.807, 2.05) is 6.08 Å². The van der Waals surface area contributed by atoms with Crippen LogP contribution in [0.2, 0.25) is 0 Å². The van der Waals surface area contributed by atoms with E-state index in [0.29, 0.717) is 5.76 Å². The molecule has 0 fully saturated rings. The molecule has 0 bridgehead atoms. The minimum atomic E-state index is 0.209. The van der Waals surface area contributed by atoms with Crippen molar-refractivity contribution in [2.75, 3.05) is 6.61 Å². The maximum atomic E-state index is 8.95. The molecule has 0 aromatic heterocycles. The van der Waals surface area contributed by atoms with Crippen LogP contribution in [0.25, 0.3) is 0 Å². The molecule has 0 aromatic rings. The quantitative estimate of drug-likeness (QED) is 0.610. The van der Waals surface area contributed by atoms with Crippen LogP contribution in [0, 0.1) is 0 Å². The number of rotatable bonds is 2. The topological polar surface area (TPSA) is 40.5 Å². The van der Waals surface area contributed by atoms with E-state index in [1.54, 1.807) is 6.08 Å². The highest BCUT2D eigenvalue weighted by Crippen LogP contribution is 2.18. The second kappa shape index (κ2) is 3.42. The number of hydrogen-bond acceptors (Lipinski definition) is 2. The maximum absolute atomic E-state index is 8.95. The van der Waals surface area contributed by atoms with Crippen molar-refractivity contribution in [2.24, 2.45) is 0 Å². The predicted octanol–water partition coefficient (Wildman–Crippen LogP) is 1.53. The third-order valence-corrected chi connectivity index (χ3v) is 1.65. The lowest BCUT2D eigenvalue weighted by molar-refractivity contribution is 0.296.